The van der Waals surface area contributed by atoms with E-state index < -0.39 is 12.7 Å². The molecule has 23 heavy (non-hydrogen) atoms. The van der Waals surface area contributed by atoms with Crippen LogP contribution in [0.4, 0.5) is 0 Å². The fourth-order valence-electron chi connectivity index (χ4n) is 3.00. The fraction of sp³-hybridized carbons (Fsp3) is 1.00. The Morgan fingerprint density at radius 3 is 2.00 bits per heavy atom. The van der Waals surface area contributed by atoms with E-state index in [4.69, 9.17) is 15.0 Å². The van der Waals surface area contributed by atoms with Crippen LogP contribution >= 0.6 is 0 Å². The van der Waals surface area contributed by atoms with Crippen LogP contribution in [0.2, 0.25) is 0 Å². The number of ether oxygens (including phenoxy) is 2. The van der Waals surface area contributed by atoms with Crippen LogP contribution in [-0.4, -0.2) is 19.5 Å². The molecule has 1 fully saturated rings. The van der Waals surface area contributed by atoms with E-state index in [-0.39, 0.29) is 12.7 Å². The maximum absolute atomic E-state index is 7.90. The molecule has 0 radical (unpaired) electrons. The summed E-state index contributed by atoms with van der Waals surface area (Å²) in [5.74, 6) is 0. The second-order valence-electron chi connectivity index (χ2n) is 6.66. The van der Waals surface area contributed by atoms with Gasteiger partial charge in [-0.25, -0.2) is 0 Å². The van der Waals surface area contributed by atoms with Gasteiger partial charge in [0.05, 0.1) is 0 Å². The monoisotopic (exact) mass is 330 g/mol. The molecule has 0 bridgehead atoms. The van der Waals surface area contributed by atoms with E-state index in [0.717, 1.165) is 45.3 Å². The summed E-state index contributed by atoms with van der Waals surface area (Å²) in [6, 6.07) is 0. The Kier molecular flexibility index (Phi) is 11.1. The van der Waals surface area contributed by atoms with E-state index in [0.29, 0.717) is 6.42 Å². The third-order valence-electron chi connectivity index (χ3n) is 4.44. The molecular weight excluding hydrogens is 284 g/mol. The first kappa shape index (κ1) is 15.2. The minimum Gasteiger partial charge on any atom is -0.353 e. The van der Waals surface area contributed by atoms with Gasteiger partial charge < -0.3 is 9.47 Å². The van der Waals surface area contributed by atoms with E-state index >= 15 is 0 Å². The molecule has 0 aromatic heterocycles. The second kappa shape index (κ2) is 16.8. The quantitative estimate of drug-likeness (QED) is 0.283. The lowest BCUT2D eigenvalue weighted by Crippen LogP contribution is -2.22. The van der Waals surface area contributed by atoms with Crippen molar-refractivity contribution in [2.45, 2.75) is 122 Å². The van der Waals surface area contributed by atoms with Gasteiger partial charge in [-0.3, -0.25) is 0 Å². The van der Waals surface area contributed by atoms with E-state index in [1.54, 1.807) is 6.92 Å². The predicted molar refractivity (Wildman–Crippen MR) is 99.9 cm³/mol. The fourth-order valence-corrected chi connectivity index (χ4v) is 3.00. The molecule has 2 heteroatoms. The summed E-state index contributed by atoms with van der Waals surface area (Å²) >= 11 is 0. The Hall–Kier alpha value is -0.0800. The molecule has 1 heterocycles. The average molecular weight is 331 g/mol. The summed E-state index contributed by atoms with van der Waals surface area (Å²) in [7, 11) is 0. The van der Waals surface area contributed by atoms with Crippen LogP contribution in [-0.2, 0) is 9.47 Å². The van der Waals surface area contributed by atoms with Gasteiger partial charge in [0.2, 0.25) is 0 Å². The van der Waals surface area contributed by atoms with Crippen molar-refractivity contribution in [3.8, 4) is 0 Å². The van der Waals surface area contributed by atoms with Crippen LogP contribution in [0.25, 0.3) is 0 Å². The number of unbranched alkanes of at least 4 members (excludes halogenated alkanes) is 9. The molecule has 1 aliphatic rings. The highest BCUT2D eigenvalue weighted by Gasteiger charge is 2.13. The Morgan fingerprint density at radius 2 is 1.43 bits per heavy atom. The van der Waals surface area contributed by atoms with Gasteiger partial charge in [0.1, 0.15) is 0 Å². The molecule has 1 saturated heterocycles. The molecule has 0 aromatic rings. The molecule has 0 aromatic carbocycles. The van der Waals surface area contributed by atoms with Crippen molar-refractivity contribution in [3.63, 3.8) is 0 Å². The SMILES string of the molecule is [2H]C([2H])(CC)C([2H])([2H])CCCCCCCCCCCCOC1CCCCO1. The molecule has 1 aliphatic heterocycles. The zero-order valence-corrected chi connectivity index (χ0v) is 15.4. The highest BCUT2D eigenvalue weighted by Crippen LogP contribution is 2.15. The van der Waals surface area contributed by atoms with Crippen LogP contribution in [0.3, 0.4) is 0 Å². The largest absolute Gasteiger partial charge is 0.353 e. The summed E-state index contributed by atoms with van der Waals surface area (Å²) in [5.41, 5.74) is 0. The minimum atomic E-state index is -1.71. The van der Waals surface area contributed by atoms with E-state index in [1.165, 1.54) is 51.4 Å². The van der Waals surface area contributed by atoms with E-state index in [2.05, 4.69) is 0 Å². The number of rotatable bonds is 16. The van der Waals surface area contributed by atoms with Crippen molar-refractivity contribution in [1.29, 1.82) is 0 Å². The van der Waals surface area contributed by atoms with Crippen molar-refractivity contribution >= 4 is 0 Å². The average Bonchev–Trinajstić information content (AvgIpc) is 2.66. The number of hydrogen-bond acceptors (Lipinski definition) is 2. The molecular formula is C21H42O2. The lowest BCUT2D eigenvalue weighted by molar-refractivity contribution is -0.162. The standard InChI is InChI=1S/C21H42O2/c1-2-3-4-5-6-7-8-9-10-11-12-13-14-16-19-22-21-18-15-17-20-23-21/h21H,2-20H2,1H3/i3D2,4D2. The third-order valence-corrected chi connectivity index (χ3v) is 4.44. The Morgan fingerprint density at radius 1 is 0.826 bits per heavy atom. The third kappa shape index (κ3) is 14.0. The van der Waals surface area contributed by atoms with Crippen molar-refractivity contribution in [2.24, 2.45) is 0 Å². The van der Waals surface area contributed by atoms with Gasteiger partial charge in [-0.05, 0) is 25.7 Å². The Labute approximate surface area is 151 Å². The first-order chi connectivity index (χ1) is 12.9. The predicted octanol–water partition coefficient (Wildman–Crippen LogP) is 7.01. The Balaban J connectivity index is 1.82. The Bertz CT molecular complexity index is 358. The second-order valence-corrected chi connectivity index (χ2v) is 6.66. The topological polar surface area (TPSA) is 18.5 Å². The van der Waals surface area contributed by atoms with E-state index in [1.807, 2.05) is 0 Å². The summed E-state index contributed by atoms with van der Waals surface area (Å²) in [4.78, 5) is 0. The summed E-state index contributed by atoms with van der Waals surface area (Å²) in [5, 5.41) is 0. The first-order valence-electron chi connectivity index (χ1n) is 12.1. The molecule has 0 aliphatic carbocycles. The van der Waals surface area contributed by atoms with Gasteiger partial charge in [0, 0.05) is 18.7 Å². The molecule has 2 nitrogen and oxygen atoms in total. The molecule has 1 unspecified atom stereocenters. The zero-order valence-electron chi connectivity index (χ0n) is 19.4. The van der Waals surface area contributed by atoms with Crippen molar-refractivity contribution in [2.75, 3.05) is 13.2 Å². The zero-order chi connectivity index (χ0) is 20.0. The smallest absolute Gasteiger partial charge is 0.157 e. The number of hydrogen-bond donors (Lipinski definition) is 0. The summed E-state index contributed by atoms with van der Waals surface area (Å²) < 4.78 is 42.6. The van der Waals surface area contributed by atoms with Gasteiger partial charge in [0.25, 0.3) is 0 Å². The van der Waals surface area contributed by atoms with Crippen LogP contribution < -0.4 is 0 Å². The van der Waals surface area contributed by atoms with E-state index in [9.17, 15) is 0 Å². The highest BCUT2D eigenvalue weighted by atomic mass is 16.7. The van der Waals surface area contributed by atoms with Crippen LogP contribution in [0.5, 0.6) is 0 Å². The van der Waals surface area contributed by atoms with Crippen molar-refractivity contribution < 1.29 is 15.0 Å². The molecule has 0 spiro atoms. The van der Waals surface area contributed by atoms with Crippen LogP contribution in [0.15, 0.2) is 0 Å². The van der Waals surface area contributed by atoms with Crippen molar-refractivity contribution in [3.05, 3.63) is 0 Å². The van der Waals surface area contributed by atoms with Crippen LogP contribution in [0, 0.1) is 0 Å². The van der Waals surface area contributed by atoms with Gasteiger partial charge in [-0.1, -0.05) is 90.3 Å². The lowest BCUT2D eigenvalue weighted by Gasteiger charge is -2.22. The maximum Gasteiger partial charge on any atom is 0.157 e. The summed E-state index contributed by atoms with van der Waals surface area (Å²) in [6.45, 7) is 3.40. The molecule has 0 amide bonds. The summed E-state index contributed by atoms with van der Waals surface area (Å²) in [6.07, 6.45) is 12.3. The van der Waals surface area contributed by atoms with Crippen LogP contribution in [0.1, 0.15) is 121 Å². The van der Waals surface area contributed by atoms with Gasteiger partial charge >= 0.3 is 0 Å². The molecule has 1 rings (SSSR count). The highest BCUT2D eigenvalue weighted by molar-refractivity contribution is 4.54. The first-order valence-corrected chi connectivity index (χ1v) is 10.1. The van der Waals surface area contributed by atoms with Gasteiger partial charge in [0.15, 0.2) is 6.29 Å². The van der Waals surface area contributed by atoms with Gasteiger partial charge in [-0.2, -0.15) is 0 Å². The molecule has 0 N–H and O–H groups in total. The van der Waals surface area contributed by atoms with Crippen molar-refractivity contribution in [1.82, 2.24) is 0 Å². The van der Waals surface area contributed by atoms with Gasteiger partial charge in [-0.15, -0.1) is 0 Å². The maximum atomic E-state index is 7.90. The minimum absolute atomic E-state index is 0.0506. The molecule has 0 saturated carbocycles. The molecule has 138 valence electrons. The molecule has 1 atom stereocenters. The lowest BCUT2D eigenvalue weighted by atomic mass is 10.0. The normalized spacial score (nSPS) is 22.2.